The summed E-state index contributed by atoms with van der Waals surface area (Å²) < 4.78 is 7.34. The minimum atomic E-state index is -0.315. The SMILES string of the molecule is CCOC(=O)c1cc2c(n1Cc1ccc(C)c(C)c1)-c1nc(N)ncc1CC2. The average molecular weight is 376 g/mol. The van der Waals surface area contributed by atoms with Crippen molar-refractivity contribution >= 4 is 11.9 Å². The summed E-state index contributed by atoms with van der Waals surface area (Å²) in [7, 11) is 0. The van der Waals surface area contributed by atoms with Gasteiger partial charge in [0.1, 0.15) is 5.69 Å². The minimum absolute atomic E-state index is 0.239. The zero-order chi connectivity index (χ0) is 19.8. The van der Waals surface area contributed by atoms with Gasteiger partial charge in [-0.05, 0) is 67.5 Å². The van der Waals surface area contributed by atoms with Crippen LogP contribution in [0.1, 0.15) is 45.2 Å². The van der Waals surface area contributed by atoms with Crippen LogP contribution in [0.3, 0.4) is 0 Å². The molecule has 6 heteroatoms. The molecule has 1 aromatic carbocycles. The van der Waals surface area contributed by atoms with Crippen molar-refractivity contribution in [3.05, 3.63) is 64.0 Å². The summed E-state index contributed by atoms with van der Waals surface area (Å²) in [5.74, 6) is -0.0764. The number of nitrogens with zero attached hydrogens (tertiary/aromatic N) is 3. The summed E-state index contributed by atoms with van der Waals surface area (Å²) in [5, 5.41) is 0. The van der Waals surface area contributed by atoms with Gasteiger partial charge in [0.2, 0.25) is 5.95 Å². The summed E-state index contributed by atoms with van der Waals surface area (Å²) in [6.07, 6.45) is 3.46. The van der Waals surface area contributed by atoms with E-state index >= 15 is 0 Å². The minimum Gasteiger partial charge on any atom is -0.461 e. The zero-order valence-electron chi connectivity index (χ0n) is 16.5. The molecular weight excluding hydrogens is 352 g/mol. The van der Waals surface area contributed by atoms with Crippen molar-refractivity contribution < 1.29 is 9.53 Å². The van der Waals surface area contributed by atoms with Crippen LogP contribution in [0.25, 0.3) is 11.4 Å². The summed E-state index contributed by atoms with van der Waals surface area (Å²) in [6, 6.07) is 8.31. The summed E-state index contributed by atoms with van der Waals surface area (Å²) in [6.45, 7) is 6.91. The number of aryl methyl sites for hydroxylation is 4. The maximum Gasteiger partial charge on any atom is 0.354 e. The van der Waals surface area contributed by atoms with E-state index in [0.717, 1.165) is 40.9 Å². The van der Waals surface area contributed by atoms with Crippen molar-refractivity contribution in [2.24, 2.45) is 0 Å². The van der Waals surface area contributed by atoms with E-state index in [2.05, 4.69) is 42.0 Å². The van der Waals surface area contributed by atoms with Gasteiger partial charge < -0.3 is 15.0 Å². The molecule has 1 aliphatic carbocycles. The normalized spacial score (nSPS) is 12.4. The quantitative estimate of drug-likeness (QED) is 0.705. The lowest BCUT2D eigenvalue weighted by atomic mass is 9.95. The van der Waals surface area contributed by atoms with E-state index in [1.54, 1.807) is 6.20 Å². The second-order valence-electron chi connectivity index (χ2n) is 7.23. The fraction of sp³-hybridized carbons (Fsp3) is 0.318. The molecule has 144 valence electrons. The van der Waals surface area contributed by atoms with Gasteiger partial charge in [0.15, 0.2) is 0 Å². The second kappa shape index (κ2) is 7.11. The molecule has 28 heavy (non-hydrogen) atoms. The van der Waals surface area contributed by atoms with Crippen LogP contribution in [-0.2, 0) is 24.1 Å². The first-order valence-electron chi connectivity index (χ1n) is 9.55. The molecule has 0 spiro atoms. The highest BCUT2D eigenvalue weighted by molar-refractivity contribution is 5.90. The number of aromatic nitrogens is 3. The van der Waals surface area contributed by atoms with Crippen LogP contribution in [-0.4, -0.2) is 27.1 Å². The fourth-order valence-electron chi connectivity index (χ4n) is 3.78. The van der Waals surface area contributed by atoms with Crippen LogP contribution < -0.4 is 5.73 Å². The fourth-order valence-corrected chi connectivity index (χ4v) is 3.78. The van der Waals surface area contributed by atoms with Gasteiger partial charge in [0, 0.05) is 12.7 Å². The standard InChI is InChI=1S/C22H24N4O2/c1-4-28-21(27)18-10-16-7-8-17-11-24-22(23)25-19(17)20(16)26(18)12-15-6-5-13(2)14(3)9-15/h5-6,9-11H,4,7-8,12H2,1-3H3,(H2,23,24,25). The van der Waals surface area contributed by atoms with Gasteiger partial charge in [-0.3, -0.25) is 0 Å². The summed E-state index contributed by atoms with van der Waals surface area (Å²) >= 11 is 0. The van der Waals surface area contributed by atoms with Crippen LogP contribution in [0.4, 0.5) is 5.95 Å². The number of ether oxygens (including phenoxy) is 1. The highest BCUT2D eigenvalue weighted by Gasteiger charge is 2.27. The second-order valence-corrected chi connectivity index (χ2v) is 7.23. The number of nitrogens with two attached hydrogens (primary N) is 1. The Hall–Kier alpha value is -3.15. The molecule has 0 bridgehead atoms. The van der Waals surface area contributed by atoms with Gasteiger partial charge in [0.05, 0.1) is 18.0 Å². The maximum absolute atomic E-state index is 12.7. The van der Waals surface area contributed by atoms with E-state index in [0.29, 0.717) is 18.8 Å². The third-order valence-electron chi connectivity index (χ3n) is 5.34. The molecule has 0 radical (unpaired) electrons. The van der Waals surface area contributed by atoms with Crippen LogP contribution in [0, 0.1) is 13.8 Å². The van der Waals surface area contributed by atoms with E-state index in [4.69, 9.17) is 10.5 Å². The number of fused-ring (bicyclic) bond motifs is 3. The summed E-state index contributed by atoms with van der Waals surface area (Å²) in [5.41, 5.74) is 13.9. The Balaban J connectivity index is 1.88. The van der Waals surface area contributed by atoms with E-state index in [1.165, 1.54) is 11.1 Å². The Morgan fingerprint density at radius 2 is 1.96 bits per heavy atom. The van der Waals surface area contributed by atoms with E-state index in [-0.39, 0.29) is 11.9 Å². The third kappa shape index (κ3) is 3.15. The van der Waals surface area contributed by atoms with Crippen molar-refractivity contribution in [2.45, 2.75) is 40.2 Å². The van der Waals surface area contributed by atoms with Crippen molar-refractivity contribution in [3.63, 3.8) is 0 Å². The van der Waals surface area contributed by atoms with E-state index < -0.39 is 0 Å². The molecular formula is C22H24N4O2. The van der Waals surface area contributed by atoms with Gasteiger partial charge in [-0.25, -0.2) is 14.8 Å². The van der Waals surface area contributed by atoms with Crippen molar-refractivity contribution in [3.8, 4) is 11.4 Å². The molecule has 0 amide bonds. The predicted molar refractivity (Wildman–Crippen MR) is 108 cm³/mol. The lowest BCUT2D eigenvalue weighted by Crippen LogP contribution is -2.16. The Bertz CT molecular complexity index is 1070. The average Bonchev–Trinajstić information content (AvgIpc) is 3.04. The number of nitrogen functional groups attached to an aromatic ring is 1. The molecule has 4 rings (SSSR count). The van der Waals surface area contributed by atoms with Gasteiger partial charge in [0.25, 0.3) is 0 Å². The number of carbonyl (C=O) groups is 1. The molecule has 0 saturated heterocycles. The van der Waals surface area contributed by atoms with Crippen molar-refractivity contribution in [2.75, 3.05) is 12.3 Å². The maximum atomic E-state index is 12.7. The van der Waals surface area contributed by atoms with Gasteiger partial charge >= 0.3 is 5.97 Å². The van der Waals surface area contributed by atoms with Gasteiger partial charge in [-0.15, -0.1) is 0 Å². The highest BCUT2D eigenvalue weighted by Crippen LogP contribution is 2.35. The number of anilines is 1. The molecule has 2 aromatic heterocycles. The monoisotopic (exact) mass is 376 g/mol. The first kappa shape index (κ1) is 18.2. The van der Waals surface area contributed by atoms with Gasteiger partial charge in [-0.1, -0.05) is 18.2 Å². The topological polar surface area (TPSA) is 83.0 Å². The number of benzene rings is 1. The lowest BCUT2D eigenvalue weighted by Gasteiger charge is -2.20. The molecule has 2 N–H and O–H groups in total. The Morgan fingerprint density at radius 3 is 2.71 bits per heavy atom. The molecule has 3 aromatic rings. The molecule has 1 aliphatic rings. The number of hydrogen-bond donors (Lipinski definition) is 1. The smallest absolute Gasteiger partial charge is 0.354 e. The molecule has 0 aliphatic heterocycles. The summed E-state index contributed by atoms with van der Waals surface area (Å²) in [4.78, 5) is 21.3. The first-order chi connectivity index (χ1) is 13.5. The molecule has 0 unspecified atom stereocenters. The Kier molecular flexibility index (Phi) is 4.63. The number of esters is 1. The molecule has 2 heterocycles. The van der Waals surface area contributed by atoms with Crippen molar-refractivity contribution in [1.82, 2.24) is 14.5 Å². The van der Waals surface area contributed by atoms with Crippen LogP contribution >= 0.6 is 0 Å². The number of rotatable bonds is 4. The number of carbonyl (C=O) groups excluding carboxylic acids is 1. The van der Waals surface area contributed by atoms with E-state index in [9.17, 15) is 4.79 Å². The third-order valence-corrected chi connectivity index (χ3v) is 5.34. The predicted octanol–water partition coefficient (Wildman–Crippen LogP) is 3.47. The largest absolute Gasteiger partial charge is 0.461 e. The molecule has 6 nitrogen and oxygen atoms in total. The van der Waals surface area contributed by atoms with Crippen LogP contribution in [0.15, 0.2) is 30.5 Å². The lowest BCUT2D eigenvalue weighted by molar-refractivity contribution is 0.0514. The molecule has 0 saturated carbocycles. The van der Waals surface area contributed by atoms with Crippen molar-refractivity contribution in [1.29, 1.82) is 0 Å². The highest BCUT2D eigenvalue weighted by atomic mass is 16.5. The zero-order valence-corrected chi connectivity index (χ0v) is 16.5. The molecule has 0 atom stereocenters. The van der Waals surface area contributed by atoms with Gasteiger partial charge in [-0.2, -0.15) is 0 Å². The van der Waals surface area contributed by atoms with Crippen LogP contribution in [0.2, 0.25) is 0 Å². The number of hydrogen-bond acceptors (Lipinski definition) is 5. The Labute approximate surface area is 164 Å². The van der Waals surface area contributed by atoms with Crippen LogP contribution in [0.5, 0.6) is 0 Å². The Morgan fingerprint density at radius 1 is 1.18 bits per heavy atom. The first-order valence-corrected chi connectivity index (χ1v) is 9.55. The molecule has 0 fully saturated rings. The van der Waals surface area contributed by atoms with E-state index in [1.807, 2.05) is 17.6 Å².